The van der Waals surface area contributed by atoms with Crippen LogP contribution in [0.4, 0.5) is 0 Å². The Hall–Kier alpha value is -1.13. The molecule has 0 fully saturated rings. The summed E-state index contributed by atoms with van der Waals surface area (Å²) in [5, 5.41) is 5.06. The minimum Gasteiger partial charge on any atom is -0.203 e. The van der Waals surface area contributed by atoms with Crippen molar-refractivity contribution >= 4 is 38.1 Å². The molecule has 5 heteroatoms. The molecule has 0 N–H and O–H groups in total. The van der Waals surface area contributed by atoms with E-state index >= 15 is 0 Å². The normalized spacial score (nSPS) is 11.6. The van der Waals surface area contributed by atoms with Gasteiger partial charge in [0.2, 0.25) is 4.96 Å². The first-order valence-electron chi connectivity index (χ1n) is 4.16. The van der Waals surface area contributed by atoms with Gasteiger partial charge in [0.25, 0.3) is 0 Å². The van der Waals surface area contributed by atoms with Crippen LogP contribution in [0.1, 0.15) is 5.82 Å². The van der Waals surface area contributed by atoms with Gasteiger partial charge in [-0.3, -0.25) is 0 Å². The summed E-state index contributed by atoms with van der Waals surface area (Å²) in [6.07, 6.45) is 0. The Balaban J connectivity index is 2.59. The fourth-order valence-corrected chi connectivity index (χ4v) is 2.77. The molecule has 0 unspecified atom stereocenters. The summed E-state index contributed by atoms with van der Waals surface area (Å²) in [5.74, 6) is 0.790. The molecule has 0 radical (unpaired) electrons. The maximum Gasteiger partial charge on any atom is 0.213 e. The first-order chi connectivity index (χ1) is 6.75. The minimum atomic E-state index is 0.762. The van der Waals surface area contributed by atoms with Gasteiger partial charge in [-0.2, -0.15) is 5.10 Å². The third-order valence-electron chi connectivity index (χ3n) is 2.05. The molecule has 0 saturated carbocycles. The molecule has 3 aromatic rings. The average molecular weight is 224 g/mol. The molecule has 14 heavy (non-hydrogen) atoms. The smallest absolute Gasteiger partial charge is 0.203 e. The maximum atomic E-state index is 6.07. The van der Waals surface area contributed by atoms with E-state index < -0.39 is 0 Å². The van der Waals surface area contributed by atoms with Gasteiger partial charge in [0.1, 0.15) is 5.82 Å². The van der Waals surface area contributed by atoms with Crippen LogP contribution in [0.2, 0.25) is 5.02 Å². The molecule has 0 aliphatic carbocycles. The van der Waals surface area contributed by atoms with Crippen LogP contribution in [0.15, 0.2) is 18.2 Å². The van der Waals surface area contributed by atoms with E-state index in [0.717, 1.165) is 26.0 Å². The van der Waals surface area contributed by atoms with Crippen LogP contribution >= 0.6 is 22.9 Å². The summed E-state index contributed by atoms with van der Waals surface area (Å²) in [5.41, 5.74) is 1.03. The van der Waals surface area contributed by atoms with E-state index in [9.17, 15) is 0 Å². The van der Waals surface area contributed by atoms with E-state index in [4.69, 9.17) is 11.6 Å². The second-order valence-electron chi connectivity index (χ2n) is 3.04. The standard InChI is InChI=1S/C9H6ClN3S/c1-5-11-9-13(12-5)7-4-2-3-6(10)8(7)14-9/h2-4H,1H3. The summed E-state index contributed by atoms with van der Waals surface area (Å²) in [7, 11) is 0. The number of rotatable bonds is 0. The first kappa shape index (κ1) is 8.20. The SMILES string of the molecule is Cc1nc2sc3c(Cl)cccc3n2n1. The number of benzene rings is 1. The molecule has 0 spiro atoms. The van der Waals surface area contributed by atoms with Crippen molar-refractivity contribution in [1.82, 2.24) is 14.6 Å². The Labute approximate surface area is 88.9 Å². The monoisotopic (exact) mass is 223 g/mol. The zero-order chi connectivity index (χ0) is 9.71. The van der Waals surface area contributed by atoms with Gasteiger partial charge >= 0.3 is 0 Å². The van der Waals surface area contributed by atoms with Crippen LogP contribution in [0.3, 0.4) is 0 Å². The predicted molar refractivity (Wildman–Crippen MR) is 58.1 cm³/mol. The summed E-state index contributed by atoms with van der Waals surface area (Å²) in [4.78, 5) is 5.20. The number of hydrogen-bond donors (Lipinski definition) is 0. The average Bonchev–Trinajstić information content (AvgIpc) is 2.63. The fraction of sp³-hybridized carbons (Fsp3) is 0.111. The van der Waals surface area contributed by atoms with Gasteiger partial charge in [0, 0.05) is 0 Å². The number of fused-ring (bicyclic) bond motifs is 3. The van der Waals surface area contributed by atoms with Crippen molar-refractivity contribution in [3.63, 3.8) is 0 Å². The number of aryl methyl sites for hydroxylation is 1. The number of nitrogens with zero attached hydrogens (tertiary/aromatic N) is 3. The molecule has 3 rings (SSSR count). The largest absolute Gasteiger partial charge is 0.213 e. The highest BCUT2D eigenvalue weighted by Gasteiger charge is 2.09. The van der Waals surface area contributed by atoms with E-state index in [1.807, 2.05) is 29.6 Å². The summed E-state index contributed by atoms with van der Waals surface area (Å²) in [6.45, 7) is 1.89. The van der Waals surface area contributed by atoms with E-state index in [-0.39, 0.29) is 0 Å². The number of hydrogen-bond acceptors (Lipinski definition) is 3. The van der Waals surface area contributed by atoms with E-state index in [1.54, 1.807) is 11.3 Å². The van der Waals surface area contributed by atoms with Crippen LogP contribution in [0.25, 0.3) is 15.2 Å². The molecule has 0 saturated heterocycles. The molecule has 0 aliphatic heterocycles. The summed E-state index contributed by atoms with van der Waals surface area (Å²) < 4.78 is 2.88. The second-order valence-corrected chi connectivity index (χ2v) is 4.43. The zero-order valence-electron chi connectivity index (χ0n) is 7.36. The Morgan fingerprint density at radius 3 is 3.14 bits per heavy atom. The highest BCUT2D eigenvalue weighted by Crippen LogP contribution is 2.30. The lowest BCUT2D eigenvalue weighted by Gasteiger charge is -1.91. The molecule has 0 amide bonds. The van der Waals surface area contributed by atoms with Crippen molar-refractivity contribution in [3.8, 4) is 0 Å². The summed E-state index contributed by atoms with van der Waals surface area (Å²) >= 11 is 7.63. The van der Waals surface area contributed by atoms with Crippen molar-refractivity contribution in [2.24, 2.45) is 0 Å². The first-order valence-corrected chi connectivity index (χ1v) is 5.35. The summed E-state index contributed by atoms with van der Waals surface area (Å²) in [6, 6.07) is 5.80. The Morgan fingerprint density at radius 1 is 1.43 bits per heavy atom. The molecule has 3 nitrogen and oxygen atoms in total. The minimum absolute atomic E-state index is 0.762. The van der Waals surface area contributed by atoms with Crippen LogP contribution in [-0.4, -0.2) is 14.6 Å². The van der Waals surface area contributed by atoms with Gasteiger partial charge in [-0.05, 0) is 19.1 Å². The van der Waals surface area contributed by atoms with Crippen molar-refractivity contribution in [1.29, 1.82) is 0 Å². The molecule has 1 aromatic carbocycles. The topological polar surface area (TPSA) is 30.2 Å². The zero-order valence-corrected chi connectivity index (χ0v) is 8.93. The molecule has 0 bridgehead atoms. The second kappa shape index (κ2) is 2.68. The van der Waals surface area contributed by atoms with Crippen LogP contribution in [0.5, 0.6) is 0 Å². The molecule has 0 atom stereocenters. The third-order valence-corrected chi connectivity index (χ3v) is 3.56. The van der Waals surface area contributed by atoms with Crippen molar-refractivity contribution in [2.75, 3.05) is 0 Å². The molecular formula is C9H6ClN3S. The fourth-order valence-electron chi connectivity index (χ4n) is 1.48. The Bertz CT molecular complexity index is 625. The number of aromatic nitrogens is 3. The molecule has 0 aliphatic rings. The van der Waals surface area contributed by atoms with E-state index in [2.05, 4.69) is 10.1 Å². The van der Waals surface area contributed by atoms with E-state index in [0.29, 0.717) is 0 Å². The lowest BCUT2D eigenvalue weighted by molar-refractivity contribution is 0.971. The molecular weight excluding hydrogens is 218 g/mol. The number of halogens is 1. The lowest BCUT2D eigenvalue weighted by Crippen LogP contribution is -1.83. The predicted octanol–water partition coefficient (Wildman–Crippen LogP) is 2.91. The maximum absolute atomic E-state index is 6.07. The van der Waals surface area contributed by atoms with Crippen LogP contribution < -0.4 is 0 Å². The third kappa shape index (κ3) is 0.980. The highest BCUT2D eigenvalue weighted by atomic mass is 35.5. The highest BCUT2D eigenvalue weighted by molar-refractivity contribution is 7.24. The van der Waals surface area contributed by atoms with Gasteiger partial charge in [0.15, 0.2) is 0 Å². The molecule has 2 heterocycles. The van der Waals surface area contributed by atoms with E-state index in [1.165, 1.54) is 0 Å². The number of thiazole rings is 1. The van der Waals surface area contributed by atoms with Crippen LogP contribution in [-0.2, 0) is 0 Å². The van der Waals surface area contributed by atoms with Gasteiger partial charge in [-0.15, -0.1) is 0 Å². The molecule has 2 aromatic heterocycles. The molecule has 70 valence electrons. The van der Waals surface area contributed by atoms with Crippen molar-refractivity contribution < 1.29 is 0 Å². The lowest BCUT2D eigenvalue weighted by atomic mass is 10.3. The quantitative estimate of drug-likeness (QED) is 0.587. The van der Waals surface area contributed by atoms with Gasteiger partial charge in [0.05, 0.1) is 15.2 Å². The Kier molecular flexibility index (Phi) is 1.57. The van der Waals surface area contributed by atoms with Crippen molar-refractivity contribution in [2.45, 2.75) is 6.92 Å². The van der Waals surface area contributed by atoms with Crippen LogP contribution in [0, 0.1) is 6.92 Å². The van der Waals surface area contributed by atoms with Gasteiger partial charge < -0.3 is 0 Å². The van der Waals surface area contributed by atoms with Crippen molar-refractivity contribution in [3.05, 3.63) is 29.0 Å². The Morgan fingerprint density at radius 2 is 2.29 bits per heavy atom. The van der Waals surface area contributed by atoms with Gasteiger partial charge in [-0.1, -0.05) is 29.0 Å². The van der Waals surface area contributed by atoms with Gasteiger partial charge in [-0.25, -0.2) is 9.50 Å².